The van der Waals surface area contributed by atoms with Crippen molar-refractivity contribution in [1.29, 1.82) is 0 Å². The predicted octanol–water partition coefficient (Wildman–Crippen LogP) is 3.52. The Hall–Kier alpha value is -0.0800. The van der Waals surface area contributed by atoms with E-state index >= 15 is 0 Å². The molecule has 2 nitrogen and oxygen atoms in total. The van der Waals surface area contributed by atoms with Crippen LogP contribution in [-0.2, 0) is 0 Å². The molecule has 0 aromatic rings. The Morgan fingerprint density at radius 1 is 0.722 bits per heavy atom. The molecule has 0 radical (unpaired) electrons. The summed E-state index contributed by atoms with van der Waals surface area (Å²) in [5.74, 6) is 0. The van der Waals surface area contributed by atoms with E-state index < -0.39 is 0 Å². The maximum Gasteiger partial charge on any atom is 0.00669 e. The Kier molecular flexibility index (Phi) is 5.97. The number of likely N-dealkylation sites (tertiary alicyclic amines) is 2. The van der Waals surface area contributed by atoms with Crippen molar-refractivity contribution in [1.82, 2.24) is 9.80 Å². The summed E-state index contributed by atoms with van der Waals surface area (Å²) in [7, 11) is 0. The zero-order valence-electron chi connectivity index (χ0n) is 12.5. The molecule has 0 N–H and O–H groups in total. The van der Waals surface area contributed by atoms with Gasteiger partial charge in [0.25, 0.3) is 0 Å². The first-order valence-corrected chi connectivity index (χ1v) is 8.25. The van der Waals surface area contributed by atoms with Crippen molar-refractivity contribution in [3.63, 3.8) is 0 Å². The molecule has 2 heterocycles. The molecule has 18 heavy (non-hydrogen) atoms. The Balaban J connectivity index is 1.57. The highest BCUT2D eigenvalue weighted by Gasteiger charge is 2.19. The van der Waals surface area contributed by atoms with Gasteiger partial charge >= 0.3 is 0 Å². The summed E-state index contributed by atoms with van der Waals surface area (Å²) in [6, 6.07) is 1.68. The lowest BCUT2D eigenvalue weighted by Crippen LogP contribution is -2.39. The molecule has 2 heteroatoms. The van der Waals surface area contributed by atoms with Gasteiger partial charge in [0.1, 0.15) is 0 Å². The van der Waals surface area contributed by atoms with Gasteiger partial charge in [-0.1, -0.05) is 12.8 Å². The minimum atomic E-state index is 0.840. The van der Waals surface area contributed by atoms with Gasteiger partial charge in [-0.3, -0.25) is 0 Å². The molecule has 0 amide bonds. The second kappa shape index (κ2) is 7.49. The minimum Gasteiger partial charge on any atom is -0.301 e. The molecule has 2 rings (SSSR count). The average molecular weight is 252 g/mol. The van der Waals surface area contributed by atoms with Crippen LogP contribution in [0.15, 0.2) is 0 Å². The zero-order chi connectivity index (χ0) is 12.8. The summed E-state index contributed by atoms with van der Waals surface area (Å²) < 4.78 is 0. The largest absolute Gasteiger partial charge is 0.301 e. The van der Waals surface area contributed by atoms with Crippen LogP contribution in [0.25, 0.3) is 0 Å². The Morgan fingerprint density at radius 3 is 1.56 bits per heavy atom. The van der Waals surface area contributed by atoms with Gasteiger partial charge in [0.05, 0.1) is 0 Å². The Bertz CT molecular complexity index is 205. The summed E-state index contributed by atoms with van der Waals surface area (Å²) in [5, 5.41) is 0. The molecule has 0 bridgehead atoms. The number of nitrogens with zero attached hydrogens (tertiary/aromatic N) is 2. The molecule has 2 atom stereocenters. The fourth-order valence-electron chi connectivity index (χ4n) is 3.61. The number of hydrogen-bond donors (Lipinski definition) is 0. The van der Waals surface area contributed by atoms with Gasteiger partial charge in [0.2, 0.25) is 0 Å². The lowest BCUT2D eigenvalue weighted by Gasteiger charge is -2.35. The quantitative estimate of drug-likeness (QED) is 0.691. The highest BCUT2D eigenvalue weighted by molar-refractivity contribution is 4.75. The molecule has 2 fully saturated rings. The molecular formula is C16H32N2. The van der Waals surface area contributed by atoms with Crippen LogP contribution in [0.1, 0.15) is 65.2 Å². The van der Waals surface area contributed by atoms with E-state index in [1.54, 1.807) is 0 Å². The molecule has 0 aromatic heterocycles. The van der Waals surface area contributed by atoms with Gasteiger partial charge in [-0.15, -0.1) is 0 Å². The average Bonchev–Trinajstić information content (AvgIpc) is 2.38. The van der Waals surface area contributed by atoms with Crippen LogP contribution in [0.5, 0.6) is 0 Å². The molecule has 0 aliphatic carbocycles. The first-order chi connectivity index (χ1) is 8.77. The molecule has 2 saturated heterocycles. The van der Waals surface area contributed by atoms with Crippen LogP contribution in [0.3, 0.4) is 0 Å². The first kappa shape index (κ1) is 14.3. The van der Waals surface area contributed by atoms with Crippen molar-refractivity contribution in [2.24, 2.45) is 0 Å². The van der Waals surface area contributed by atoms with Gasteiger partial charge in [-0.05, 0) is 78.6 Å². The fourth-order valence-corrected chi connectivity index (χ4v) is 3.61. The molecular weight excluding hydrogens is 220 g/mol. The van der Waals surface area contributed by atoms with E-state index in [0.717, 1.165) is 12.1 Å². The van der Waals surface area contributed by atoms with E-state index in [1.807, 2.05) is 0 Å². The topological polar surface area (TPSA) is 6.48 Å². The highest BCUT2D eigenvalue weighted by Crippen LogP contribution is 2.18. The Labute approximate surface area is 114 Å². The van der Waals surface area contributed by atoms with E-state index in [-0.39, 0.29) is 0 Å². The number of hydrogen-bond acceptors (Lipinski definition) is 2. The third-order valence-corrected chi connectivity index (χ3v) is 5.02. The number of rotatable bonds is 5. The van der Waals surface area contributed by atoms with E-state index in [9.17, 15) is 0 Å². The fraction of sp³-hybridized carbons (Fsp3) is 1.00. The summed E-state index contributed by atoms with van der Waals surface area (Å²) in [5.41, 5.74) is 0. The summed E-state index contributed by atoms with van der Waals surface area (Å²) in [4.78, 5) is 5.42. The lowest BCUT2D eigenvalue weighted by molar-refractivity contribution is 0.139. The third-order valence-electron chi connectivity index (χ3n) is 5.02. The van der Waals surface area contributed by atoms with Gasteiger partial charge in [-0.25, -0.2) is 0 Å². The molecule has 0 aromatic carbocycles. The van der Waals surface area contributed by atoms with Gasteiger partial charge in [0, 0.05) is 12.1 Å². The maximum absolute atomic E-state index is 2.71. The molecule has 106 valence electrons. The van der Waals surface area contributed by atoms with Crippen molar-refractivity contribution >= 4 is 0 Å². The molecule has 2 aliphatic heterocycles. The van der Waals surface area contributed by atoms with Crippen LogP contribution in [0, 0.1) is 0 Å². The van der Waals surface area contributed by atoms with Crippen molar-refractivity contribution in [2.75, 3.05) is 26.2 Å². The van der Waals surface area contributed by atoms with Crippen LogP contribution < -0.4 is 0 Å². The lowest BCUT2D eigenvalue weighted by atomic mass is 10.0. The van der Waals surface area contributed by atoms with Crippen molar-refractivity contribution in [3.8, 4) is 0 Å². The molecule has 0 saturated carbocycles. The smallest absolute Gasteiger partial charge is 0.00669 e. The van der Waals surface area contributed by atoms with Crippen LogP contribution >= 0.6 is 0 Å². The second-order valence-electron chi connectivity index (χ2n) is 6.47. The van der Waals surface area contributed by atoms with E-state index in [1.165, 1.54) is 77.5 Å². The van der Waals surface area contributed by atoms with Crippen LogP contribution in [0.2, 0.25) is 0 Å². The van der Waals surface area contributed by atoms with Crippen molar-refractivity contribution < 1.29 is 0 Å². The third kappa shape index (κ3) is 4.24. The number of unbranched alkanes of at least 4 members (excludes halogenated alkanes) is 1. The second-order valence-corrected chi connectivity index (χ2v) is 6.47. The van der Waals surface area contributed by atoms with E-state index in [0.29, 0.717) is 0 Å². The maximum atomic E-state index is 2.71. The monoisotopic (exact) mass is 252 g/mol. The number of piperidine rings is 2. The van der Waals surface area contributed by atoms with Crippen LogP contribution in [-0.4, -0.2) is 48.1 Å². The molecule has 2 aliphatic rings. The zero-order valence-corrected chi connectivity index (χ0v) is 12.5. The normalized spacial score (nSPS) is 31.7. The van der Waals surface area contributed by atoms with Gasteiger partial charge in [-0.2, -0.15) is 0 Å². The summed E-state index contributed by atoms with van der Waals surface area (Å²) in [6.45, 7) is 10.2. The standard InChI is InChI=1S/C16H32N2/c1-15-9-3-5-11-17(15)13-7-8-14-18-12-6-4-10-16(18)2/h15-16H,3-14H2,1-2H3. The summed E-state index contributed by atoms with van der Waals surface area (Å²) >= 11 is 0. The minimum absolute atomic E-state index is 0.840. The van der Waals surface area contributed by atoms with Crippen LogP contribution in [0.4, 0.5) is 0 Å². The summed E-state index contributed by atoms with van der Waals surface area (Å²) in [6.07, 6.45) is 11.4. The predicted molar refractivity (Wildman–Crippen MR) is 79.0 cm³/mol. The van der Waals surface area contributed by atoms with Crippen molar-refractivity contribution in [3.05, 3.63) is 0 Å². The van der Waals surface area contributed by atoms with Gasteiger partial charge in [0.15, 0.2) is 0 Å². The first-order valence-electron chi connectivity index (χ1n) is 8.25. The van der Waals surface area contributed by atoms with Gasteiger partial charge < -0.3 is 9.80 Å². The van der Waals surface area contributed by atoms with Crippen molar-refractivity contribution in [2.45, 2.75) is 77.3 Å². The highest BCUT2D eigenvalue weighted by atomic mass is 15.2. The SMILES string of the molecule is CC1CCCCN1CCCCN1CCCCC1C. The van der Waals surface area contributed by atoms with E-state index in [2.05, 4.69) is 23.6 Å². The van der Waals surface area contributed by atoms with E-state index in [4.69, 9.17) is 0 Å². The Morgan fingerprint density at radius 2 is 1.17 bits per heavy atom. The molecule has 0 spiro atoms. The molecule has 2 unspecified atom stereocenters.